The van der Waals surface area contributed by atoms with Gasteiger partial charge in [-0.3, -0.25) is 0 Å². The first-order valence-electron chi connectivity index (χ1n) is 7.25. The van der Waals surface area contributed by atoms with Crippen LogP contribution in [0.1, 0.15) is 17.2 Å². The molecule has 0 radical (unpaired) electrons. The summed E-state index contributed by atoms with van der Waals surface area (Å²) in [5, 5.41) is 0.930. The molecule has 4 rings (SSSR count). The van der Waals surface area contributed by atoms with E-state index >= 15 is 0 Å². The van der Waals surface area contributed by atoms with Crippen molar-refractivity contribution in [1.82, 2.24) is 4.57 Å². The van der Waals surface area contributed by atoms with Gasteiger partial charge in [0.25, 0.3) is 0 Å². The second-order valence-electron chi connectivity index (χ2n) is 5.48. The van der Waals surface area contributed by atoms with E-state index in [-0.39, 0.29) is 11.9 Å². The summed E-state index contributed by atoms with van der Waals surface area (Å²) >= 11 is 0. The summed E-state index contributed by atoms with van der Waals surface area (Å²) in [4.78, 5) is 0. The summed E-state index contributed by atoms with van der Waals surface area (Å²) in [7, 11) is 0. The topological polar surface area (TPSA) is 14.2 Å². The summed E-state index contributed by atoms with van der Waals surface area (Å²) < 4.78 is 21.4. The maximum atomic E-state index is 13.3. The first-order chi connectivity index (χ1) is 10.3. The van der Waals surface area contributed by atoms with E-state index in [0.717, 1.165) is 30.5 Å². The number of benzene rings is 2. The molecule has 1 aromatic heterocycles. The van der Waals surface area contributed by atoms with Crippen molar-refractivity contribution >= 4 is 10.9 Å². The standard InChI is InChI=1S/C18H16FNO/c19-15-5-6-17-14(11-15)7-9-20(17)12-18-16-4-2-1-3-13(16)8-10-21-18/h1-7,9,11,18H,8,10,12H2. The Hall–Kier alpha value is -2.13. The molecule has 2 heterocycles. The molecule has 106 valence electrons. The van der Waals surface area contributed by atoms with Crippen LogP contribution in [0.3, 0.4) is 0 Å². The first kappa shape index (κ1) is 12.6. The molecule has 0 fully saturated rings. The Morgan fingerprint density at radius 3 is 3.00 bits per heavy atom. The van der Waals surface area contributed by atoms with Gasteiger partial charge in [0, 0.05) is 17.1 Å². The van der Waals surface area contributed by atoms with Crippen LogP contribution in [0.25, 0.3) is 10.9 Å². The molecule has 1 aliphatic rings. The van der Waals surface area contributed by atoms with Crippen LogP contribution in [0, 0.1) is 5.82 Å². The van der Waals surface area contributed by atoms with Crippen molar-refractivity contribution in [3.63, 3.8) is 0 Å². The summed E-state index contributed by atoms with van der Waals surface area (Å²) in [6, 6.07) is 15.3. The second-order valence-corrected chi connectivity index (χ2v) is 5.48. The number of ether oxygens (including phenoxy) is 1. The predicted molar refractivity (Wildman–Crippen MR) is 80.7 cm³/mol. The van der Waals surface area contributed by atoms with Crippen molar-refractivity contribution in [3.8, 4) is 0 Å². The number of hydrogen-bond acceptors (Lipinski definition) is 1. The van der Waals surface area contributed by atoms with E-state index in [1.54, 1.807) is 6.07 Å². The highest BCUT2D eigenvalue weighted by atomic mass is 19.1. The molecule has 2 aromatic carbocycles. The Morgan fingerprint density at radius 2 is 2.05 bits per heavy atom. The van der Waals surface area contributed by atoms with Crippen molar-refractivity contribution in [2.45, 2.75) is 19.1 Å². The van der Waals surface area contributed by atoms with Gasteiger partial charge in [-0.05, 0) is 41.8 Å². The molecular weight excluding hydrogens is 265 g/mol. The van der Waals surface area contributed by atoms with Crippen molar-refractivity contribution in [2.75, 3.05) is 6.61 Å². The lowest BCUT2D eigenvalue weighted by Gasteiger charge is -2.26. The molecule has 0 N–H and O–H groups in total. The van der Waals surface area contributed by atoms with E-state index in [4.69, 9.17) is 4.74 Å². The maximum Gasteiger partial charge on any atom is 0.123 e. The number of aromatic nitrogens is 1. The van der Waals surface area contributed by atoms with E-state index in [1.165, 1.54) is 17.2 Å². The summed E-state index contributed by atoms with van der Waals surface area (Å²) in [6.07, 6.45) is 3.05. The number of fused-ring (bicyclic) bond motifs is 2. The number of hydrogen-bond donors (Lipinski definition) is 0. The van der Waals surface area contributed by atoms with E-state index in [9.17, 15) is 4.39 Å². The highest BCUT2D eigenvalue weighted by molar-refractivity contribution is 5.80. The predicted octanol–water partition coefficient (Wildman–Crippen LogP) is 4.09. The summed E-state index contributed by atoms with van der Waals surface area (Å²) in [6.45, 7) is 1.52. The van der Waals surface area contributed by atoms with Gasteiger partial charge in [-0.1, -0.05) is 24.3 Å². The average Bonchev–Trinajstić information content (AvgIpc) is 2.90. The van der Waals surface area contributed by atoms with Crippen LogP contribution in [-0.4, -0.2) is 11.2 Å². The molecule has 0 bridgehead atoms. The molecule has 1 unspecified atom stereocenters. The molecular formula is C18H16FNO. The minimum atomic E-state index is -0.195. The van der Waals surface area contributed by atoms with Crippen LogP contribution in [0.5, 0.6) is 0 Å². The molecule has 2 nitrogen and oxygen atoms in total. The third-order valence-corrected chi connectivity index (χ3v) is 4.19. The minimum Gasteiger partial charge on any atom is -0.371 e. The largest absolute Gasteiger partial charge is 0.371 e. The quantitative estimate of drug-likeness (QED) is 0.690. The fourth-order valence-corrected chi connectivity index (χ4v) is 3.14. The third kappa shape index (κ3) is 2.24. The molecule has 3 heteroatoms. The Kier molecular flexibility index (Phi) is 3.00. The molecule has 0 spiro atoms. The molecule has 0 amide bonds. The summed E-state index contributed by atoms with van der Waals surface area (Å²) in [5.74, 6) is -0.195. The van der Waals surface area contributed by atoms with Gasteiger partial charge in [0.15, 0.2) is 0 Å². The fraction of sp³-hybridized carbons (Fsp3) is 0.222. The molecule has 0 saturated heterocycles. The van der Waals surface area contributed by atoms with Gasteiger partial charge in [-0.25, -0.2) is 4.39 Å². The Labute approximate surface area is 122 Å². The molecule has 0 saturated carbocycles. The fourth-order valence-electron chi connectivity index (χ4n) is 3.14. The zero-order valence-electron chi connectivity index (χ0n) is 11.6. The molecule has 21 heavy (non-hydrogen) atoms. The van der Waals surface area contributed by atoms with Crippen LogP contribution < -0.4 is 0 Å². The SMILES string of the molecule is Fc1ccc2c(ccn2CC2OCCc3ccccc32)c1. The van der Waals surface area contributed by atoms with Crippen LogP contribution in [0.4, 0.5) is 4.39 Å². The number of nitrogens with zero attached hydrogens (tertiary/aromatic N) is 1. The monoisotopic (exact) mass is 281 g/mol. The smallest absolute Gasteiger partial charge is 0.123 e. The summed E-state index contributed by atoms with van der Waals surface area (Å²) in [5.41, 5.74) is 3.69. The lowest BCUT2D eigenvalue weighted by atomic mass is 9.97. The first-order valence-corrected chi connectivity index (χ1v) is 7.25. The van der Waals surface area contributed by atoms with Crippen molar-refractivity contribution < 1.29 is 9.13 Å². The zero-order chi connectivity index (χ0) is 14.2. The Bertz CT molecular complexity index is 793. The maximum absolute atomic E-state index is 13.3. The minimum absolute atomic E-state index is 0.0654. The highest BCUT2D eigenvalue weighted by Crippen LogP contribution is 2.29. The van der Waals surface area contributed by atoms with Crippen LogP contribution in [-0.2, 0) is 17.7 Å². The van der Waals surface area contributed by atoms with E-state index in [2.05, 4.69) is 28.8 Å². The van der Waals surface area contributed by atoms with Crippen LogP contribution >= 0.6 is 0 Å². The normalized spacial score (nSPS) is 17.9. The van der Waals surface area contributed by atoms with Gasteiger partial charge in [-0.15, -0.1) is 0 Å². The zero-order valence-corrected chi connectivity index (χ0v) is 11.6. The van der Waals surface area contributed by atoms with E-state index in [1.807, 2.05) is 18.3 Å². The lowest BCUT2D eigenvalue weighted by Crippen LogP contribution is -2.20. The van der Waals surface area contributed by atoms with Gasteiger partial charge in [0.2, 0.25) is 0 Å². The van der Waals surface area contributed by atoms with Crippen LogP contribution in [0.2, 0.25) is 0 Å². The Balaban J connectivity index is 1.70. The number of halogens is 1. The second kappa shape index (κ2) is 5.01. The van der Waals surface area contributed by atoms with Crippen LogP contribution in [0.15, 0.2) is 54.7 Å². The van der Waals surface area contributed by atoms with E-state index < -0.39 is 0 Å². The van der Waals surface area contributed by atoms with Gasteiger partial charge >= 0.3 is 0 Å². The Morgan fingerprint density at radius 1 is 1.14 bits per heavy atom. The number of rotatable bonds is 2. The molecule has 1 atom stereocenters. The highest BCUT2D eigenvalue weighted by Gasteiger charge is 2.21. The van der Waals surface area contributed by atoms with E-state index in [0.29, 0.717) is 0 Å². The third-order valence-electron chi connectivity index (χ3n) is 4.19. The molecule has 0 aliphatic carbocycles. The lowest BCUT2D eigenvalue weighted by molar-refractivity contribution is 0.0314. The molecule has 1 aliphatic heterocycles. The van der Waals surface area contributed by atoms with Crippen molar-refractivity contribution in [3.05, 3.63) is 71.7 Å². The van der Waals surface area contributed by atoms with Gasteiger partial charge in [-0.2, -0.15) is 0 Å². The van der Waals surface area contributed by atoms with Gasteiger partial charge < -0.3 is 9.30 Å². The average molecular weight is 281 g/mol. The van der Waals surface area contributed by atoms with Crippen molar-refractivity contribution in [2.24, 2.45) is 0 Å². The van der Waals surface area contributed by atoms with Gasteiger partial charge in [0.05, 0.1) is 13.2 Å². The van der Waals surface area contributed by atoms with Gasteiger partial charge in [0.1, 0.15) is 11.9 Å². The van der Waals surface area contributed by atoms with Crippen molar-refractivity contribution in [1.29, 1.82) is 0 Å². The molecule has 3 aromatic rings.